The fraction of sp³-hybridized carbons (Fsp3) is 0.417. The Morgan fingerprint density at radius 2 is 1.53 bits per heavy atom. The van der Waals surface area contributed by atoms with E-state index in [0.29, 0.717) is 37.3 Å². The predicted molar refractivity (Wildman–Crippen MR) is 132 cm³/mol. The van der Waals surface area contributed by atoms with Crippen LogP contribution in [0.2, 0.25) is 0 Å². The number of benzene rings is 2. The zero-order valence-electron chi connectivity index (χ0n) is 18.4. The Bertz CT molecular complexity index is 830. The van der Waals surface area contributed by atoms with Crippen LogP contribution in [0.1, 0.15) is 11.1 Å². The van der Waals surface area contributed by atoms with E-state index in [-0.39, 0.29) is 12.2 Å². The van der Waals surface area contributed by atoms with Crippen LogP contribution in [0.15, 0.2) is 60.7 Å². The number of carbonyl (C=O) groups excluding carboxylic acids is 1. The summed E-state index contributed by atoms with van der Waals surface area (Å²) >= 11 is 6.59. The molecule has 1 amide bonds. The Balaban J connectivity index is 1.44. The first kappa shape index (κ1) is 24.5. The van der Waals surface area contributed by atoms with E-state index in [1.165, 1.54) is 11.8 Å². The molecule has 2 aromatic carbocycles. The predicted octanol–water partition coefficient (Wildman–Crippen LogP) is 4.19. The van der Waals surface area contributed by atoms with Crippen LogP contribution in [0.5, 0.6) is 0 Å². The molecule has 1 unspecified atom stereocenters. The van der Waals surface area contributed by atoms with E-state index in [1.807, 2.05) is 66.9 Å². The molecule has 1 heterocycles. The van der Waals surface area contributed by atoms with Gasteiger partial charge in [0.05, 0.1) is 6.61 Å². The molecule has 0 bridgehead atoms. The summed E-state index contributed by atoms with van der Waals surface area (Å²) in [4.78, 5) is 16.5. The molecule has 8 heteroatoms. The van der Waals surface area contributed by atoms with Crippen molar-refractivity contribution in [2.45, 2.75) is 19.3 Å². The average molecular weight is 475 g/mol. The van der Waals surface area contributed by atoms with E-state index in [2.05, 4.69) is 4.90 Å². The zero-order chi connectivity index (χ0) is 22.6. The highest BCUT2D eigenvalue weighted by molar-refractivity contribution is 8.22. The number of hydrogen-bond acceptors (Lipinski definition) is 7. The maximum atomic E-state index is 12.4. The standard InChI is InChI=1S/C24H30N2O4S2/c1-32-24(31)30-19-22(28-17-20-8-4-2-5-9-20)16-25-12-14-26(15-13-25)23(27)29-18-21-10-6-3-7-11-21/h2-11,22H,12-19H2,1H3. The van der Waals surface area contributed by atoms with Crippen molar-refractivity contribution in [1.82, 2.24) is 9.80 Å². The third-order valence-electron chi connectivity index (χ3n) is 5.18. The molecule has 1 aliphatic rings. The number of amides is 1. The molecule has 1 saturated heterocycles. The van der Waals surface area contributed by atoms with Gasteiger partial charge in [0, 0.05) is 32.7 Å². The fourth-order valence-electron chi connectivity index (χ4n) is 3.37. The van der Waals surface area contributed by atoms with Crippen molar-refractivity contribution in [2.24, 2.45) is 0 Å². The summed E-state index contributed by atoms with van der Waals surface area (Å²) in [6, 6.07) is 19.8. The molecule has 0 radical (unpaired) electrons. The maximum Gasteiger partial charge on any atom is 0.410 e. The fourth-order valence-corrected chi connectivity index (χ4v) is 3.63. The lowest BCUT2D eigenvalue weighted by Gasteiger charge is -2.35. The second-order valence-electron chi connectivity index (χ2n) is 7.51. The lowest BCUT2D eigenvalue weighted by atomic mass is 10.2. The first-order chi connectivity index (χ1) is 15.6. The molecule has 3 rings (SSSR count). The van der Waals surface area contributed by atoms with E-state index >= 15 is 0 Å². The van der Waals surface area contributed by atoms with Gasteiger partial charge in [0.2, 0.25) is 4.38 Å². The second kappa shape index (κ2) is 13.4. The summed E-state index contributed by atoms with van der Waals surface area (Å²) in [5.74, 6) is 0. The largest absolute Gasteiger partial charge is 0.476 e. The number of rotatable bonds is 9. The van der Waals surface area contributed by atoms with Gasteiger partial charge in [0.1, 0.15) is 19.3 Å². The molecule has 6 nitrogen and oxygen atoms in total. The zero-order valence-corrected chi connectivity index (χ0v) is 20.0. The smallest absolute Gasteiger partial charge is 0.410 e. The molecule has 0 N–H and O–H groups in total. The minimum absolute atomic E-state index is 0.114. The van der Waals surface area contributed by atoms with Crippen LogP contribution in [0.4, 0.5) is 4.79 Å². The van der Waals surface area contributed by atoms with Gasteiger partial charge >= 0.3 is 6.09 Å². The van der Waals surface area contributed by atoms with Gasteiger partial charge in [0.15, 0.2) is 0 Å². The van der Waals surface area contributed by atoms with Gasteiger partial charge in [-0.3, -0.25) is 4.90 Å². The van der Waals surface area contributed by atoms with E-state index < -0.39 is 0 Å². The molecular weight excluding hydrogens is 444 g/mol. The molecule has 1 aliphatic heterocycles. The number of nitrogens with zero attached hydrogens (tertiary/aromatic N) is 2. The Hall–Kier alpha value is -2.13. The van der Waals surface area contributed by atoms with Crippen LogP contribution in [-0.4, -0.2) is 72.0 Å². The van der Waals surface area contributed by atoms with E-state index in [1.54, 1.807) is 4.90 Å². The molecule has 1 fully saturated rings. The molecule has 0 saturated carbocycles. The number of thioether (sulfide) groups is 1. The van der Waals surface area contributed by atoms with Crippen LogP contribution in [0.25, 0.3) is 0 Å². The highest BCUT2D eigenvalue weighted by atomic mass is 32.2. The molecule has 1 atom stereocenters. The summed E-state index contributed by atoms with van der Waals surface area (Å²) in [5.41, 5.74) is 2.11. The van der Waals surface area contributed by atoms with Gasteiger partial charge in [0.25, 0.3) is 0 Å². The van der Waals surface area contributed by atoms with Crippen molar-refractivity contribution in [3.63, 3.8) is 0 Å². The molecule has 0 spiro atoms. The quantitative estimate of drug-likeness (QED) is 0.505. The number of carbonyl (C=O) groups is 1. The Labute approximate surface area is 199 Å². The Kier molecular flexibility index (Phi) is 10.3. The van der Waals surface area contributed by atoms with Gasteiger partial charge in [-0.15, -0.1) is 0 Å². The first-order valence-electron chi connectivity index (χ1n) is 10.7. The molecule has 172 valence electrons. The van der Waals surface area contributed by atoms with Crippen molar-refractivity contribution in [3.05, 3.63) is 71.8 Å². The highest BCUT2D eigenvalue weighted by Gasteiger charge is 2.25. The van der Waals surface area contributed by atoms with E-state index in [9.17, 15) is 4.79 Å². The lowest BCUT2D eigenvalue weighted by molar-refractivity contribution is -0.0203. The summed E-state index contributed by atoms with van der Waals surface area (Å²) in [5, 5.41) is 0. The van der Waals surface area contributed by atoms with Crippen molar-refractivity contribution in [3.8, 4) is 0 Å². The number of ether oxygens (including phenoxy) is 3. The van der Waals surface area contributed by atoms with E-state index in [4.69, 9.17) is 26.4 Å². The van der Waals surface area contributed by atoms with Crippen LogP contribution >= 0.6 is 24.0 Å². The van der Waals surface area contributed by atoms with Crippen LogP contribution < -0.4 is 0 Å². The molecular formula is C24H30N2O4S2. The summed E-state index contributed by atoms with van der Waals surface area (Å²) in [6.45, 7) is 4.72. The molecule has 0 aliphatic carbocycles. The van der Waals surface area contributed by atoms with E-state index in [0.717, 1.165) is 30.8 Å². The molecule has 0 aromatic heterocycles. The van der Waals surface area contributed by atoms with Crippen LogP contribution in [0, 0.1) is 0 Å². The van der Waals surface area contributed by atoms with Gasteiger partial charge in [-0.1, -0.05) is 72.4 Å². The Morgan fingerprint density at radius 3 is 2.12 bits per heavy atom. The SMILES string of the molecule is CSC(=S)OCC(CN1CCN(C(=O)OCc2ccccc2)CC1)OCc1ccccc1. The monoisotopic (exact) mass is 474 g/mol. The van der Waals surface area contributed by atoms with Gasteiger partial charge in [-0.2, -0.15) is 0 Å². The maximum absolute atomic E-state index is 12.4. The lowest BCUT2D eigenvalue weighted by Crippen LogP contribution is -2.51. The van der Waals surface area contributed by atoms with Gasteiger partial charge in [-0.05, 0) is 29.6 Å². The van der Waals surface area contributed by atoms with Gasteiger partial charge in [-0.25, -0.2) is 4.79 Å². The summed E-state index contributed by atoms with van der Waals surface area (Å²) in [6.07, 6.45) is 1.52. The molecule has 32 heavy (non-hydrogen) atoms. The third kappa shape index (κ3) is 8.43. The summed E-state index contributed by atoms with van der Waals surface area (Å²) in [7, 11) is 0. The van der Waals surface area contributed by atoms with Crippen molar-refractivity contribution >= 4 is 34.5 Å². The topological polar surface area (TPSA) is 51.2 Å². The third-order valence-corrected chi connectivity index (χ3v) is 6.25. The van der Waals surface area contributed by atoms with Crippen LogP contribution in [0.3, 0.4) is 0 Å². The van der Waals surface area contributed by atoms with Gasteiger partial charge < -0.3 is 19.1 Å². The number of thiocarbonyl (C=S) groups is 1. The average Bonchev–Trinajstić information content (AvgIpc) is 2.85. The number of piperazine rings is 1. The summed E-state index contributed by atoms with van der Waals surface area (Å²) < 4.78 is 17.8. The minimum Gasteiger partial charge on any atom is -0.476 e. The highest BCUT2D eigenvalue weighted by Crippen LogP contribution is 2.11. The Morgan fingerprint density at radius 1 is 0.938 bits per heavy atom. The molecule has 2 aromatic rings. The van der Waals surface area contributed by atoms with Crippen molar-refractivity contribution in [1.29, 1.82) is 0 Å². The first-order valence-corrected chi connectivity index (χ1v) is 12.3. The number of hydrogen-bond donors (Lipinski definition) is 0. The van der Waals surface area contributed by atoms with Crippen molar-refractivity contribution in [2.75, 3.05) is 45.6 Å². The normalized spacial score (nSPS) is 15.2. The van der Waals surface area contributed by atoms with Crippen LogP contribution in [-0.2, 0) is 27.4 Å². The second-order valence-corrected chi connectivity index (χ2v) is 8.92. The minimum atomic E-state index is -0.265. The van der Waals surface area contributed by atoms with Crippen molar-refractivity contribution < 1.29 is 19.0 Å².